The molecule has 0 atom stereocenters. The van der Waals surface area contributed by atoms with Gasteiger partial charge in [-0.3, -0.25) is 24.4 Å². The third-order valence-electron chi connectivity index (χ3n) is 9.05. The van der Waals surface area contributed by atoms with Gasteiger partial charge in [0.2, 0.25) is 0 Å². The Hall–Kier alpha value is -4.39. The lowest BCUT2D eigenvalue weighted by Crippen LogP contribution is -2.46. The Balaban J connectivity index is 0.969. The number of carbonyl (C=O) groups excluding carboxylic acids is 3. The summed E-state index contributed by atoms with van der Waals surface area (Å²) in [6, 6.07) is 10.7. The zero-order valence-electron chi connectivity index (χ0n) is 25.0. The predicted molar refractivity (Wildman–Crippen MR) is 157 cm³/mol. The third kappa shape index (κ3) is 7.04. The number of halogens is 4. The van der Waals surface area contributed by atoms with Gasteiger partial charge in [0, 0.05) is 57.0 Å². The molecule has 0 saturated carbocycles. The Morgan fingerprint density at radius 2 is 1.57 bits per heavy atom. The minimum absolute atomic E-state index is 0.0535. The molecule has 0 radical (unpaired) electrons. The number of alkyl halides is 3. The molecule has 2 aromatic carbocycles. The first-order chi connectivity index (χ1) is 22.0. The van der Waals surface area contributed by atoms with Crippen molar-refractivity contribution in [3.05, 3.63) is 94.8 Å². The van der Waals surface area contributed by atoms with Crippen LogP contribution in [0.3, 0.4) is 0 Å². The topological polar surface area (TPSA) is 95.9 Å². The molecule has 242 valence electrons. The summed E-state index contributed by atoms with van der Waals surface area (Å²) >= 11 is 0. The maximum absolute atomic E-state index is 13.2. The van der Waals surface area contributed by atoms with Gasteiger partial charge in [0.1, 0.15) is 17.1 Å². The molecule has 9 nitrogen and oxygen atoms in total. The van der Waals surface area contributed by atoms with Crippen molar-refractivity contribution in [3.63, 3.8) is 0 Å². The van der Waals surface area contributed by atoms with E-state index in [1.54, 1.807) is 9.80 Å². The molecule has 1 aromatic heterocycles. The van der Waals surface area contributed by atoms with Crippen LogP contribution in [0.15, 0.2) is 60.9 Å². The van der Waals surface area contributed by atoms with Gasteiger partial charge in [-0.15, -0.1) is 0 Å². The second-order valence-corrected chi connectivity index (χ2v) is 12.2. The molecule has 0 bridgehead atoms. The van der Waals surface area contributed by atoms with Crippen molar-refractivity contribution in [2.24, 2.45) is 5.92 Å². The van der Waals surface area contributed by atoms with Crippen LogP contribution < -0.4 is 0 Å². The SMILES string of the molecule is O=C(c1ccc(F)cc1)C1CCN(C(=O)c2cnc(CN3CC4(CCN(Cc5ccc(C(F)(F)F)cc5)CC4)OC3=O)cn2)CC1. The van der Waals surface area contributed by atoms with Gasteiger partial charge in [-0.2, -0.15) is 13.2 Å². The fourth-order valence-corrected chi connectivity index (χ4v) is 6.35. The van der Waals surface area contributed by atoms with E-state index in [4.69, 9.17) is 4.74 Å². The fourth-order valence-electron chi connectivity index (χ4n) is 6.35. The highest BCUT2D eigenvalue weighted by atomic mass is 19.4. The minimum Gasteiger partial charge on any atom is -0.441 e. The van der Waals surface area contributed by atoms with Crippen molar-refractivity contribution in [1.29, 1.82) is 0 Å². The average Bonchev–Trinajstić information content (AvgIpc) is 3.35. The minimum atomic E-state index is -4.37. The van der Waals surface area contributed by atoms with Crippen molar-refractivity contribution < 1.29 is 36.7 Å². The lowest BCUT2D eigenvalue weighted by atomic mass is 9.89. The van der Waals surface area contributed by atoms with Crippen LogP contribution in [0.2, 0.25) is 0 Å². The van der Waals surface area contributed by atoms with Crippen LogP contribution in [0.1, 0.15) is 63.4 Å². The summed E-state index contributed by atoms with van der Waals surface area (Å²) in [5, 5.41) is 0. The zero-order chi connectivity index (χ0) is 32.5. The number of benzene rings is 2. The molecule has 0 unspecified atom stereocenters. The highest BCUT2D eigenvalue weighted by Crippen LogP contribution is 2.35. The number of Topliss-reactive ketones (excluding diaryl/α,β-unsaturated/α-hetero) is 1. The average molecular weight is 640 g/mol. The molecule has 1 spiro atoms. The molecular formula is C33H33F4N5O4. The second kappa shape index (κ2) is 12.8. The summed E-state index contributed by atoms with van der Waals surface area (Å²) in [5.41, 5.74) is 0.620. The molecule has 46 heavy (non-hydrogen) atoms. The molecule has 3 fully saturated rings. The second-order valence-electron chi connectivity index (χ2n) is 12.2. The number of piperidine rings is 2. The normalized spacial score (nSPS) is 19.0. The Labute approximate surface area is 263 Å². The fraction of sp³-hybridized carbons (Fsp3) is 0.424. The van der Waals surface area contributed by atoms with E-state index in [-0.39, 0.29) is 29.8 Å². The monoisotopic (exact) mass is 639 g/mol. The molecule has 2 amide bonds. The van der Waals surface area contributed by atoms with Crippen LogP contribution in [-0.2, 0) is 24.0 Å². The van der Waals surface area contributed by atoms with Crippen LogP contribution >= 0.6 is 0 Å². The maximum Gasteiger partial charge on any atom is 0.416 e. The molecular weight excluding hydrogens is 606 g/mol. The first-order valence-electron chi connectivity index (χ1n) is 15.2. The van der Waals surface area contributed by atoms with Crippen LogP contribution in [0.25, 0.3) is 0 Å². The number of amides is 2. The van der Waals surface area contributed by atoms with E-state index in [9.17, 15) is 31.9 Å². The smallest absolute Gasteiger partial charge is 0.416 e. The van der Waals surface area contributed by atoms with Gasteiger partial charge in [-0.05, 0) is 54.8 Å². The third-order valence-corrected chi connectivity index (χ3v) is 9.05. The summed E-state index contributed by atoms with van der Waals surface area (Å²) in [4.78, 5) is 52.6. The molecule has 3 aliphatic rings. The molecule has 6 rings (SSSR count). The molecule has 3 aromatic rings. The summed E-state index contributed by atoms with van der Waals surface area (Å²) in [7, 11) is 0. The Morgan fingerprint density at radius 1 is 0.891 bits per heavy atom. The molecule has 0 N–H and O–H groups in total. The number of ether oxygens (including phenoxy) is 1. The van der Waals surface area contributed by atoms with Crippen molar-refractivity contribution in [2.45, 2.75) is 50.6 Å². The van der Waals surface area contributed by atoms with E-state index in [0.29, 0.717) is 76.2 Å². The van der Waals surface area contributed by atoms with Gasteiger partial charge in [-0.25, -0.2) is 14.2 Å². The molecule has 0 aliphatic carbocycles. The predicted octanol–water partition coefficient (Wildman–Crippen LogP) is 5.36. The Bertz CT molecular complexity index is 1570. The van der Waals surface area contributed by atoms with Gasteiger partial charge >= 0.3 is 12.3 Å². The van der Waals surface area contributed by atoms with Crippen molar-refractivity contribution in [1.82, 2.24) is 24.7 Å². The lowest BCUT2D eigenvalue weighted by Gasteiger charge is -2.37. The first kappa shape index (κ1) is 31.6. The lowest BCUT2D eigenvalue weighted by molar-refractivity contribution is -0.137. The number of rotatable bonds is 7. The standard InChI is InChI=1S/C33H33F4N5O4/c34-26-7-3-23(4-8-26)29(43)24-9-13-41(14-10-24)30(44)28-18-38-27(17-39-28)20-42-21-32(46-31(42)45)11-15-40(16-12-32)19-22-1-5-25(6-2-22)33(35,36)37/h1-8,17-18,24H,9-16,19-21H2. The van der Waals surface area contributed by atoms with E-state index in [2.05, 4.69) is 14.9 Å². The van der Waals surface area contributed by atoms with E-state index in [1.165, 1.54) is 48.8 Å². The van der Waals surface area contributed by atoms with Gasteiger partial charge in [-0.1, -0.05) is 12.1 Å². The van der Waals surface area contributed by atoms with Gasteiger partial charge in [0.15, 0.2) is 5.78 Å². The van der Waals surface area contributed by atoms with Crippen molar-refractivity contribution >= 4 is 17.8 Å². The first-order valence-corrected chi connectivity index (χ1v) is 15.2. The highest BCUT2D eigenvalue weighted by molar-refractivity contribution is 5.98. The number of aromatic nitrogens is 2. The van der Waals surface area contributed by atoms with E-state index < -0.39 is 29.3 Å². The number of hydrogen-bond acceptors (Lipinski definition) is 7. The Kier molecular flexibility index (Phi) is 8.78. The van der Waals surface area contributed by atoms with Gasteiger partial charge in [0.25, 0.3) is 5.91 Å². The quantitative estimate of drug-likeness (QED) is 0.254. The van der Waals surface area contributed by atoms with E-state index in [1.807, 2.05) is 0 Å². The Morgan fingerprint density at radius 3 is 2.17 bits per heavy atom. The summed E-state index contributed by atoms with van der Waals surface area (Å²) in [6.07, 6.45) is 0.250. The van der Waals surface area contributed by atoms with Gasteiger partial charge < -0.3 is 9.64 Å². The number of likely N-dealkylation sites (tertiary alicyclic amines) is 2. The van der Waals surface area contributed by atoms with Crippen molar-refractivity contribution in [2.75, 3.05) is 32.7 Å². The van der Waals surface area contributed by atoms with Crippen LogP contribution in [-0.4, -0.2) is 80.8 Å². The number of hydrogen-bond donors (Lipinski definition) is 0. The number of nitrogens with zero attached hydrogens (tertiary/aromatic N) is 5. The van der Waals surface area contributed by atoms with Gasteiger partial charge in [0.05, 0.1) is 36.7 Å². The zero-order valence-corrected chi connectivity index (χ0v) is 25.0. The summed E-state index contributed by atoms with van der Waals surface area (Å²) in [5.74, 6) is -0.974. The van der Waals surface area contributed by atoms with Crippen molar-refractivity contribution in [3.8, 4) is 0 Å². The molecule has 4 heterocycles. The summed E-state index contributed by atoms with van der Waals surface area (Å²) < 4.78 is 57.6. The number of ketones is 1. The molecule has 13 heteroatoms. The van der Waals surface area contributed by atoms with Crippen LogP contribution in [0.5, 0.6) is 0 Å². The molecule has 3 saturated heterocycles. The maximum atomic E-state index is 13.2. The largest absolute Gasteiger partial charge is 0.441 e. The van der Waals surface area contributed by atoms with E-state index in [0.717, 1.165) is 17.7 Å². The molecule has 3 aliphatic heterocycles. The summed E-state index contributed by atoms with van der Waals surface area (Å²) in [6.45, 7) is 3.13. The van der Waals surface area contributed by atoms with Crippen LogP contribution in [0, 0.1) is 11.7 Å². The van der Waals surface area contributed by atoms with Crippen LogP contribution in [0.4, 0.5) is 22.4 Å². The van der Waals surface area contributed by atoms with E-state index >= 15 is 0 Å². The number of carbonyl (C=O) groups is 3. The highest BCUT2D eigenvalue weighted by Gasteiger charge is 2.47.